The van der Waals surface area contributed by atoms with E-state index in [0.717, 1.165) is 24.6 Å². The van der Waals surface area contributed by atoms with E-state index in [1.807, 2.05) is 47.4 Å². The van der Waals surface area contributed by atoms with Gasteiger partial charge in [-0.1, -0.05) is 30.3 Å². The molecule has 32 heavy (non-hydrogen) atoms. The van der Waals surface area contributed by atoms with Crippen LogP contribution in [0.5, 0.6) is 11.5 Å². The summed E-state index contributed by atoms with van der Waals surface area (Å²) >= 11 is 0. The van der Waals surface area contributed by atoms with E-state index in [4.69, 9.17) is 4.74 Å². The first-order chi connectivity index (χ1) is 15.5. The number of rotatable bonds is 7. The van der Waals surface area contributed by atoms with Crippen molar-refractivity contribution >= 4 is 17.7 Å². The van der Waals surface area contributed by atoms with Crippen molar-refractivity contribution in [3.63, 3.8) is 0 Å². The maximum absolute atomic E-state index is 11.5. The van der Waals surface area contributed by atoms with Gasteiger partial charge in [-0.2, -0.15) is 0 Å². The second-order valence-corrected chi connectivity index (χ2v) is 7.81. The minimum atomic E-state index is -0.420. The Labute approximate surface area is 187 Å². The highest BCUT2D eigenvalue weighted by atomic mass is 16.6. The van der Waals surface area contributed by atoms with Crippen molar-refractivity contribution in [3.8, 4) is 11.5 Å². The minimum absolute atomic E-state index is 0.0231. The molecule has 7 heteroatoms. The second kappa shape index (κ2) is 9.62. The van der Waals surface area contributed by atoms with E-state index in [2.05, 4.69) is 24.0 Å². The Morgan fingerprint density at radius 3 is 2.22 bits per heavy atom. The van der Waals surface area contributed by atoms with E-state index in [9.17, 15) is 14.9 Å². The average Bonchev–Trinajstić information content (AvgIpc) is 2.84. The quantitative estimate of drug-likeness (QED) is 0.295. The first-order valence-corrected chi connectivity index (χ1v) is 10.6. The van der Waals surface area contributed by atoms with Crippen LogP contribution >= 0.6 is 0 Å². The van der Waals surface area contributed by atoms with Gasteiger partial charge in [0.1, 0.15) is 23.5 Å². The summed E-state index contributed by atoms with van der Waals surface area (Å²) in [7, 11) is 0. The zero-order valence-corrected chi connectivity index (χ0v) is 17.9. The number of nitro benzene ring substituents is 1. The molecule has 3 aromatic rings. The molecule has 164 valence electrons. The summed E-state index contributed by atoms with van der Waals surface area (Å²) in [6.45, 7) is 5.11. The standard InChI is InChI=1S/C25H25N3O4/c1-19(21-8-10-23(11-9-21)32-22-5-3-2-4-6-22)26-13-15-27(16-14-26)24-12-7-20(18-29)17-25(24)28(30)31/h2-12,17-19H,13-16H2,1H3. The fraction of sp³-hybridized carbons (Fsp3) is 0.240. The molecule has 0 amide bonds. The molecule has 0 N–H and O–H groups in total. The van der Waals surface area contributed by atoms with Gasteiger partial charge in [-0.05, 0) is 48.9 Å². The van der Waals surface area contributed by atoms with Crippen molar-refractivity contribution in [2.24, 2.45) is 0 Å². The molecule has 4 rings (SSSR count). The smallest absolute Gasteiger partial charge is 0.293 e. The van der Waals surface area contributed by atoms with Crippen LogP contribution < -0.4 is 9.64 Å². The molecule has 1 heterocycles. The molecule has 1 fully saturated rings. The fourth-order valence-electron chi connectivity index (χ4n) is 4.03. The molecule has 0 saturated carbocycles. The van der Waals surface area contributed by atoms with Crippen molar-refractivity contribution in [1.29, 1.82) is 0 Å². The lowest BCUT2D eigenvalue weighted by Crippen LogP contribution is -2.47. The summed E-state index contributed by atoms with van der Waals surface area (Å²) in [5.41, 5.74) is 2.05. The number of piperazine rings is 1. The van der Waals surface area contributed by atoms with Gasteiger partial charge in [0.25, 0.3) is 5.69 Å². The van der Waals surface area contributed by atoms with Crippen LogP contribution in [0, 0.1) is 10.1 Å². The summed E-state index contributed by atoms with van der Waals surface area (Å²) in [5, 5.41) is 11.5. The van der Waals surface area contributed by atoms with Crippen molar-refractivity contribution in [2.45, 2.75) is 13.0 Å². The van der Waals surface area contributed by atoms with Gasteiger partial charge in [0.2, 0.25) is 0 Å². The summed E-state index contributed by atoms with van der Waals surface area (Å²) in [4.78, 5) is 26.4. The van der Waals surface area contributed by atoms with Crippen molar-refractivity contribution in [3.05, 3.63) is 94.0 Å². The van der Waals surface area contributed by atoms with Gasteiger partial charge in [-0.15, -0.1) is 0 Å². The monoisotopic (exact) mass is 431 g/mol. The van der Waals surface area contributed by atoms with E-state index in [1.54, 1.807) is 12.1 Å². The maximum atomic E-state index is 11.5. The predicted octanol–water partition coefficient (Wildman–Crippen LogP) is 5.08. The van der Waals surface area contributed by atoms with Crippen LogP contribution in [0.2, 0.25) is 0 Å². The third-order valence-corrected chi connectivity index (χ3v) is 5.88. The van der Waals surface area contributed by atoms with Gasteiger partial charge in [0, 0.05) is 43.9 Å². The molecule has 0 radical (unpaired) electrons. The Hall–Kier alpha value is -3.71. The van der Waals surface area contributed by atoms with Crippen LogP contribution in [-0.4, -0.2) is 42.3 Å². The number of anilines is 1. The van der Waals surface area contributed by atoms with E-state index in [-0.39, 0.29) is 11.7 Å². The van der Waals surface area contributed by atoms with Gasteiger partial charge in [-0.25, -0.2) is 0 Å². The summed E-state index contributed by atoms with van der Waals surface area (Å²) in [6, 6.07) is 22.7. The predicted molar refractivity (Wildman–Crippen MR) is 124 cm³/mol. The molecule has 0 aromatic heterocycles. The number of carbonyl (C=O) groups is 1. The van der Waals surface area contributed by atoms with Crippen LogP contribution in [0.25, 0.3) is 0 Å². The Bertz CT molecular complexity index is 1080. The number of nitro groups is 1. The number of para-hydroxylation sites is 1. The number of nitrogens with zero attached hydrogens (tertiary/aromatic N) is 3. The molecule has 1 aliphatic heterocycles. The van der Waals surface area contributed by atoms with Crippen molar-refractivity contribution in [2.75, 3.05) is 31.1 Å². The highest BCUT2D eigenvalue weighted by molar-refractivity contribution is 5.79. The lowest BCUT2D eigenvalue weighted by molar-refractivity contribution is -0.384. The van der Waals surface area contributed by atoms with Gasteiger partial charge < -0.3 is 9.64 Å². The van der Waals surface area contributed by atoms with Crippen LogP contribution in [0.3, 0.4) is 0 Å². The Kier molecular flexibility index (Phi) is 6.47. The van der Waals surface area contributed by atoms with E-state index >= 15 is 0 Å². The van der Waals surface area contributed by atoms with Crippen LogP contribution in [-0.2, 0) is 0 Å². The molecule has 1 atom stereocenters. The van der Waals surface area contributed by atoms with Crippen molar-refractivity contribution in [1.82, 2.24) is 4.90 Å². The lowest BCUT2D eigenvalue weighted by atomic mass is 10.1. The molecular formula is C25H25N3O4. The highest BCUT2D eigenvalue weighted by Gasteiger charge is 2.26. The number of hydrogen-bond donors (Lipinski definition) is 0. The third-order valence-electron chi connectivity index (χ3n) is 5.88. The minimum Gasteiger partial charge on any atom is -0.457 e. The van der Waals surface area contributed by atoms with Gasteiger partial charge in [0.05, 0.1) is 4.92 Å². The average molecular weight is 431 g/mol. The number of ether oxygens (including phenoxy) is 1. The molecule has 7 nitrogen and oxygen atoms in total. The number of carbonyl (C=O) groups excluding carboxylic acids is 1. The second-order valence-electron chi connectivity index (χ2n) is 7.81. The first kappa shape index (κ1) is 21.5. The van der Waals surface area contributed by atoms with Gasteiger partial charge in [0.15, 0.2) is 0 Å². The number of hydrogen-bond acceptors (Lipinski definition) is 6. The van der Waals surface area contributed by atoms with Crippen LogP contribution in [0.15, 0.2) is 72.8 Å². The number of aldehydes is 1. The van der Waals surface area contributed by atoms with E-state index < -0.39 is 4.92 Å². The Morgan fingerprint density at radius 2 is 1.59 bits per heavy atom. The molecule has 0 bridgehead atoms. The van der Waals surface area contributed by atoms with Crippen LogP contribution in [0.4, 0.5) is 11.4 Å². The SMILES string of the molecule is CC(c1ccc(Oc2ccccc2)cc1)N1CCN(c2ccc(C=O)cc2[N+](=O)[O-])CC1. The molecular weight excluding hydrogens is 406 g/mol. The van der Waals surface area contributed by atoms with Crippen molar-refractivity contribution < 1.29 is 14.5 Å². The molecule has 0 spiro atoms. The van der Waals surface area contributed by atoms with E-state index in [0.29, 0.717) is 30.6 Å². The Balaban J connectivity index is 1.39. The normalized spacial score (nSPS) is 15.2. The maximum Gasteiger partial charge on any atom is 0.293 e. The topological polar surface area (TPSA) is 75.9 Å². The first-order valence-electron chi connectivity index (χ1n) is 10.6. The Morgan fingerprint density at radius 1 is 0.938 bits per heavy atom. The summed E-state index contributed by atoms with van der Waals surface area (Å²) in [5.74, 6) is 1.60. The van der Waals surface area contributed by atoms with Gasteiger partial charge in [-0.3, -0.25) is 19.8 Å². The number of benzene rings is 3. The summed E-state index contributed by atoms with van der Waals surface area (Å²) in [6.07, 6.45) is 0.632. The van der Waals surface area contributed by atoms with Gasteiger partial charge >= 0.3 is 0 Å². The van der Waals surface area contributed by atoms with E-state index in [1.165, 1.54) is 11.6 Å². The molecule has 3 aromatic carbocycles. The zero-order chi connectivity index (χ0) is 22.5. The molecule has 1 aliphatic rings. The zero-order valence-electron chi connectivity index (χ0n) is 17.9. The fourth-order valence-corrected chi connectivity index (χ4v) is 4.03. The molecule has 0 aliphatic carbocycles. The summed E-state index contributed by atoms with van der Waals surface area (Å²) < 4.78 is 5.87. The molecule has 1 unspecified atom stereocenters. The van der Waals surface area contributed by atoms with Crippen LogP contribution in [0.1, 0.15) is 28.9 Å². The largest absolute Gasteiger partial charge is 0.457 e. The highest BCUT2D eigenvalue weighted by Crippen LogP contribution is 2.31. The lowest BCUT2D eigenvalue weighted by Gasteiger charge is -2.39. The molecule has 1 saturated heterocycles. The third kappa shape index (κ3) is 4.78.